The molecule has 0 spiro atoms. The summed E-state index contributed by atoms with van der Waals surface area (Å²) in [6.07, 6.45) is 1.56. The molecule has 0 aliphatic rings. The average Bonchev–Trinajstić information content (AvgIpc) is 2.63. The van der Waals surface area contributed by atoms with Crippen molar-refractivity contribution in [3.8, 4) is 0 Å². The third kappa shape index (κ3) is 3.02. The maximum Gasteiger partial charge on any atom is 0.244 e. The molecule has 1 atom stereocenters. The zero-order chi connectivity index (χ0) is 11.4. The van der Waals surface area contributed by atoms with Crippen molar-refractivity contribution in [3.63, 3.8) is 0 Å². The second kappa shape index (κ2) is 4.88. The Balaban J connectivity index is 2.67. The third-order valence-corrected chi connectivity index (χ3v) is 1.93. The molecule has 1 unspecified atom stereocenters. The summed E-state index contributed by atoms with van der Waals surface area (Å²) in [6.45, 7) is 5.35. The molecule has 1 aromatic heterocycles. The van der Waals surface area contributed by atoms with Gasteiger partial charge in [-0.25, -0.2) is 4.68 Å². The highest BCUT2D eigenvalue weighted by atomic mass is 16.3. The van der Waals surface area contributed by atoms with Gasteiger partial charge in [-0.3, -0.25) is 4.79 Å². The number of carbonyl (C=O) groups is 1. The van der Waals surface area contributed by atoms with Crippen LogP contribution in [0.15, 0.2) is 6.20 Å². The number of nitrogens with zero attached hydrogens (tertiary/aromatic N) is 3. The Kier molecular flexibility index (Phi) is 3.79. The van der Waals surface area contributed by atoms with E-state index in [1.807, 2.05) is 13.8 Å². The number of hydrogen-bond acceptors (Lipinski definition) is 4. The number of nitrogens with one attached hydrogen (secondary N) is 1. The topological polar surface area (TPSA) is 80.0 Å². The Morgan fingerprint density at radius 3 is 2.73 bits per heavy atom. The fourth-order valence-corrected chi connectivity index (χ4v) is 1.10. The molecule has 0 aliphatic carbocycles. The van der Waals surface area contributed by atoms with E-state index < -0.39 is 6.04 Å². The van der Waals surface area contributed by atoms with Gasteiger partial charge >= 0.3 is 0 Å². The van der Waals surface area contributed by atoms with E-state index in [0.717, 1.165) is 0 Å². The highest BCUT2D eigenvalue weighted by molar-refractivity contribution is 5.79. The largest absolute Gasteiger partial charge is 0.390 e. The molecular formula is C9H16N4O2. The Labute approximate surface area is 88.3 Å². The fraction of sp³-hybridized carbons (Fsp3) is 0.667. The van der Waals surface area contributed by atoms with Crippen molar-refractivity contribution in [2.24, 2.45) is 0 Å². The summed E-state index contributed by atoms with van der Waals surface area (Å²) in [4.78, 5) is 11.6. The van der Waals surface area contributed by atoms with Crippen LogP contribution in [0.1, 0.15) is 32.5 Å². The molecule has 1 heterocycles. The van der Waals surface area contributed by atoms with Gasteiger partial charge in [0.05, 0.1) is 12.8 Å². The molecule has 1 rings (SSSR count). The van der Waals surface area contributed by atoms with E-state index >= 15 is 0 Å². The minimum atomic E-state index is -0.416. The summed E-state index contributed by atoms with van der Waals surface area (Å²) in [6, 6.07) is -0.319. The van der Waals surface area contributed by atoms with Crippen LogP contribution >= 0.6 is 0 Å². The lowest BCUT2D eigenvalue weighted by molar-refractivity contribution is -0.124. The summed E-state index contributed by atoms with van der Waals surface area (Å²) >= 11 is 0. The summed E-state index contributed by atoms with van der Waals surface area (Å²) in [5.74, 6) is -0.112. The molecule has 0 saturated carbocycles. The maximum atomic E-state index is 11.6. The van der Waals surface area contributed by atoms with E-state index in [0.29, 0.717) is 5.69 Å². The predicted molar refractivity (Wildman–Crippen MR) is 53.9 cm³/mol. The first kappa shape index (κ1) is 11.6. The van der Waals surface area contributed by atoms with Crippen molar-refractivity contribution in [1.82, 2.24) is 20.3 Å². The van der Waals surface area contributed by atoms with Crippen LogP contribution in [0.5, 0.6) is 0 Å². The lowest BCUT2D eigenvalue weighted by Gasteiger charge is -2.13. The fourth-order valence-electron chi connectivity index (χ4n) is 1.10. The predicted octanol–water partition coefficient (Wildman–Crippen LogP) is -0.144. The second-order valence-corrected chi connectivity index (χ2v) is 3.69. The minimum absolute atomic E-state index is 0.0979. The number of aromatic nitrogens is 3. The van der Waals surface area contributed by atoms with Gasteiger partial charge in [0.25, 0.3) is 0 Å². The highest BCUT2D eigenvalue weighted by Gasteiger charge is 2.16. The van der Waals surface area contributed by atoms with Gasteiger partial charge in [0.2, 0.25) is 5.91 Å². The zero-order valence-electron chi connectivity index (χ0n) is 9.14. The van der Waals surface area contributed by atoms with Gasteiger partial charge in [0, 0.05) is 6.04 Å². The molecule has 2 N–H and O–H groups in total. The van der Waals surface area contributed by atoms with Gasteiger partial charge in [-0.05, 0) is 20.8 Å². The summed E-state index contributed by atoms with van der Waals surface area (Å²) in [5.41, 5.74) is 0.458. The van der Waals surface area contributed by atoms with E-state index in [4.69, 9.17) is 5.11 Å². The lowest BCUT2D eigenvalue weighted by atomic mass is 10.3. The summed E-state index contributed by atoms with van der Waals surface area (Å²) < 4.78 is 1.43. The third-order valence-electron chi connectivity index (χ3n) is 1.93. The van der Waals surface area contributed by atoms with Gasteiger partial charge < -0.3 is 10.4 Å². The van der Waals surface area contributed by atoms with Crippen LogP contribution in [0.3, 0.4) is 0 Å². The highest BCUT2D eigenvalue weighted by Crippen LogP contribution is 2.04. The number of aliphatic hydroxyl groups excluding tert-OH is 1. The second-order valence-electron chi connectivity index (χ2n) is 3.69. The van der Waals surface area contributed by atoms with E-state index in [-0.39, 0.29) is 18.6 Å². The zero-order valence-corrected chi connectivity index (χ0v) is 9.14. The molecule has 6 heteroatoms. The molecule has 6 nitrogen and oxygen atoms in total. The molecule has 15 heavy (non-hydrogen) atoms. The van der Waals surface area contributed by atoms with Crippen molar-refractivity contribution in [1.29, 1.82) is 0 Å². The van der Waals surface area contributed by atoms with E-state index in [1.165, 1.54) is 4.68 Å². The number of carbonyl (C=O) groups excluding carboxylic acids is 1. The van der Waals surface area contributed by atoms with Crippen molar-refractivity contribution >= 4 is 5.91 Å². The molecule has 1 amide bonds. The SMILES string of the molecule is CC(C)NC(=O)C(C)n1cc(CO)nn1. The first-order valence-corrected chi connectivity index (χ1v) is 4.86. The Hall–Kier alpha value is -1.43. The first-order chi connectivity index (χ1) is 7.04. The molecule has 1 aromatic rings. The number of amides is 1. The molecule has 0 radical (unpaired) electrons. The van der Waals surface area contributed by atoms with Crippen LogP contribution in [0.4, 0.5) is 0 Å². The summed E-state index contributed by atoms with van der Waals surface area (Å²) in [7, 11) is 0. The lowest BCUT2D eigenvalue weighted by Crippen LogP contribution is -2.35. The van der Waals surface area contributed by atoms with Gasteiger partial charge in [-0.2, -0.15) is 0 Å². The van der Waals surface area contributed by atoms with Crippen LogP contribution in [0, 0.1) is 0 Å². The van der Waals surface area contributed by atoms with Gasteiger partial charge in [0.15, 0.2) is 0 Å². The van der Waals surface area contributed by atoms with E-state index in [9.17, 15) is 4.79 Å². The van der Waals surface area contributed by atoms with Crippen LogP contribution in [0.2, 0.25) is 0 Å². The standard InChI is InChI=1S/C9H16N4O2/c1-6(2)10-9(15)7(3)13-4-8(5-14)11-12-13/h4,6-7,14H,5H2,1-3H3,(H,10,15). The first-order valence-electron chi connectivity index (χ1n) is 4.86. The Morgan fingerprint density at radius 1 is 1.60 bits per heavy atom. The van der Waals surface area contributed by atoms with Crippen LogP contribution in [-0.4, -0.2) is 32.0 Å². The van der Waals surface area contributed by atoms with E-state index in [1.54, 1.807) is 13.1 Å². The maximum absolute atomic E-state index is 11.6. The van der Waals surface area contributed by atoms with Crippen molar-refractivity contribution in [3.05, 3.63) is 11.9 Å². The molecular weight excluding hydrogens is 196 g/mol. The normalized spacial score (nSPS) is 12.9. The van der Waals surface area contributed by atoms with Crippen molar-refractivity contribution in [2.45, 2.75) is 39.5 Å². The average molecular weight is 212 g/mol. The monoisotopic (exact) mass is 212 g/mol. The molecule has 0 bridgehead atoms. The molecule has 84 valence electrons. The molecule has 0 aromatic carbocycles. The molecule has 0 aliphatic heterocycles. The van der Waals surface area contributed by atoms with Gasteiger partial charge in [-0.1, -0.05) is 5.21 Å². The number of aliphatic hydroxyl groups is 1. The Morgan fingerprint density at radius 2 is 2.27 bits per heavy atom. The van der Waals surface area contributed by atoms with Crippen LogP contribution in [0.25, 0.3) is 0 Å². The summed E-state index contributed by atoms with van der Waals surface area (Å²) in [5, 5.41) is 19.0. The van der Waals surface area contributed by atoms with Crippen molar-refractivity contribution < 1.29 is 9.90 Å². The smallest absolute Gasteiger partial charge is 0.244 e. The van der Waals surface area contributed by atoms with Crippen LogP contribution in [-0.2, 0) is 11.4 Å². The molecule has 0 saturated heterocycles. The van der Waals surface area contributed by atoms with Crippen LogP contribution < -0.4 is 5.32 Å². The number of hydrogen-bond donors (Lipinski definition) is 2. The van der Waals surface area contributed by atoms with Gasteiger partial charge in [0.1, 0.15) is 11.7 Å². The van der Waals surface area contributed by atoms with Gasteiger partial charge in [-0.15, -0.1) is 5.10 Å². The Bertz CT molecular complexity index is 335. The quantitative estimate of drug-likeness (QED) is 0.727. The molecule has 0 fully saturated rings. The number of rotatable bonds is 4. The van der Waals surface area contributed by atoms with E-state index in [2.05, 4.69) is 15.6 Å². The minimum Gasteiger partial charge on any atom is -0.390 e. The van der Waals surface area contributed by atoms with Crippen molar-refractivity contribution in [2.75, 3.05) is 0 Å².